The van der Waals surface area contributed by atoms with E-state index in [9.17, 15) is 14.9 Å². The Balaban J connectivity index is 1.97. The van der Waals surface area contributed by atoms with Crippen LogP contribution in [-0.4, -0.2) is 54.7 Å². The Morgan fingerprint density at radius 1 is 1.28 bits per heavy atom. The molecule has 0 atom stereocenters. The highest BCUT2D eigenvalue weighted by Crippen LogP contribution is 2.25. The molecule has 3 rings (SSSR count). The number of aromatic nitrogens is 4. The molecule has 1 amide bonds. The molecule has 0 saturated carbocycles. The minimum Gasteiger partial charge on any atom is -0.309 e. The molecule has 2 heterocycles. The summed E-state index contributed by atoms with van der Waals surface area (Å²) < 4.78 is 3.16. The molecule has 0 saturated heterocycles. The molecule has 2 aromatic heterocycles. The zero-order chi connectivity index (χ0) is 21.1. The topological polar surface area (TPSA) is 111 Å². The monoisotopic (exact) mass is 399 g/mol. The lowest BCUT2D eigenvalue weighted by atomic mass is 10.3. The number of nitrogens with one attached hydrogen (secondary N) is 1. The van der Waals surface area contributed by atoms with E-state index in [1.54, 1.807) is 0 Å². The van der Waals surface area contributed by atoms with Crippen molar-refractivity contribution in [3.8, 4) is 0 Å². The zero-order valence-corrected chi connectivity index (χ0v) is 17.0. The van der Waals surface area contributed by atoms with Crippen LogP contribution in [0.1, 0.15) is 30.0 Å². The normalized spacial score (nSPS) is 11.3. The number of rotatable bonds is 8. The van der Waals surface area contributed by atoms with Gasteiger partial charge in [0, 0.05) is 20.1 Å². The first-order valence-electron chi connectivity index (χ1n) is 9.54. The quantitative estimate of drug-likeness (QED) is 0.460. The van der Waals surface area contributed by atoms with Crippen LogP contribution in [-0.2, 0) is 13.6 Å². The number of nitro groups is 1. The number of aryl methyl sites for hydroxylation is 2. The van der Waals surface area contributed by atoms with Crippen molar-refractivity contribution in [3.63, 3.8) is 0 Å². The smallest absolute Gasteiger partial charge is 0.309 e. The molecule has 0 radical (unpaired) electrons. The predicted octanol–water partition coefficient (Wildman–Crippen LogP) is 2.58. The van der Waals surface area contributed by atoms with Gasteiger partial charge in [-0.1, -0.05) is 26.0 Å². The van der Waals surface area contributed by atoms with Crippen molar-refractivity contribution >= 4 is 28.6 Å². The summed E-state index contributed by atoms with van der Waals surface area (Å²) in [6.45, 7) is 8.97. The number of imidazole rings is 1. The number of fused-ring (bicyclic) bond motifs is 1. The van der Waals surface area contributed by atoms with Crippen LogP contribution in [0.5, 0.6) is 0 Å². The summed E-state index contributed by atoms with van der Waals surface area (Å²) in [5.74, 6) is -0.254. The first-order valence-corrected chi connectivity index (χ1v) is 9.54. The Bertz CT molecular complexity index is 1050. The third-order valence-corrected chi connectivity index (χ3v) is 5.00. The third-order valence-electron chi connectivity index (χ3n) is 5.00. The van der Waals surface area contributed by atoms with Gasteiger partial charge in [0.2, 0.25) is 11.6 Å². The lowest BCUT2D eigenvalue weighted by Crippen LogP contribution is -2.28. The van der Waals surface area contributed by atoms with Gasteiger partial charge < -0.3 is 9.47 Å². The van der Waals surface area contributed by atoms with E-state index in [2.05, 4.69) is 34.1 Å². The van der Waals surface area contributed by atoms with Gasteiger partial charge in [0.25, 0.3) is 5.91 Å². The van der Waals surface area contributed by atoms with Gasteiger partial charge in [-0.05, 0) is 32.1 Å². The lowest BCUT2D eigenvalue weighted by molar-refractivity contribution is -0.385. The Morgan fingerprint density at radius 3 is 2.62 bits per heavy atom. The average Bonchev–Trinajstić information content (AvgIpc) is 3.18. The van der Waals surface area contributed by atoms with Gasteiger partial charge in [0.15, 0.2) is 0 Å². The second-order valence-corrected chi connectivity index (χ2v) is 6.72. The number of carbonyl (C=O) groups excluding carboxylic acids is 1. The molecule has 29 heavy (non-hydrogen) atoms. The summed E-state index contributed by atoms with van der Waals surface area (Å²) in [6.07, 6.45) is 0. The SMILES string of the molecule is CCN(CC)CCn1c(NC(=O)c2c([N+](=O)[O-])c(C)nn2C)nc2ccccc21. The standard InChI is InChI=1S/C19H25N7O3/c1-5-24(6-2)11-12-25-15-10-8-7-9-14(15)20-19(25)21-18(27)17-16(26(28)29)13(3)22-23(17)4/h7-10H,5-6,11-12H2,1-4H3,(H,20,21,27). The van der Waals surface area contributed by atoms with Crippen LogP contribution in [0.2, 0.25) is 0 Å². The molecule has 3 aromatic rings. The van der Waals surface area contributed by atoms with Crippen LogP contribution in [0.3, 0.4) is 0 Å². The van der Waals surface area contributed by atoms with Gasteiger partial charge in [0.05, 0.1) is 16.0 Å². The molecule has 0 fully saturated rings. The van der Waals surface area contributed by atoms with Crippen LogP contribution < -0.4 is 5.32 Å². The maximum absolute atomic E-state index is 12.9. The maximum atomic E-state index is 12.9. The van der Waals surface area contributed by atoms with Crippen LogP contribution in [0.25, 0.3) is 11.0 Å². The number of nitrogens with zero attached hydrogens (tertiary/aromatic N) is 6. The molecule has 0 aliphatic carbocycles. The fourth-order valence-corrected chi connectivity index (χ4v) is 3.46. The lowest BCUT2D eigenvalue weighted by Gasteiger charge is -2.19. The van der Waals surface area contributed by atoms with Gasteiger partial charge in [-0.3, -0.25) is 24.9 Å². The summed E-state index contributed by atoms with van der Waals surface area (Å²) in [5.41, 5.74) is 1.44. The van der Waals surface area contributed by atoms with Crippen molar-refractivity contribution in [2.45, 2.75) is 27.3 Å². The highest BCUT2D eigenvalue weighted by atomic mass is 16.6. The van der Waals surface area contributed by atoms with E-state index in [1.807, 2.05) is 28.8 Å². The zero-order valence-electron chi connectivity index (χ0n) is 17.0. The first-order chi connectivity index (χ1) is 13.9. The molecule has 1 aromatic carbocycles. The average molecular weight is 399 g/mol. The number of hydrogen-bond acceptors (Lipinski definition) is 6. The number of carbonyl (C=O) groups is 1. The van der Waals surface area contributed by atoms with E-state index < -0.39 is 10.8 Å². The van der Waals surface area contributed by atoms with Gasteiger partial charge >= 0.3 is 5.69 Å². The van der Waals surface area contributed by atoms with E-state index in [-0.39, 0.29) is 17.1 Å². The second-order valence-electron chi connectivity index (χ2n) is 6.72. The number of para-hydroxylation sites is 2. The van der Waals surface area contributed by atoms with E-state index in [0.29, 0.717) is 12.5 Å². The highest BCUT2D eigenvalue weighted by Gasteiger charge is 2.30. The van der Waals surface area contributed by atoms with E-state index in [1.165, 1.54) is 18.7 Å². The summed E-state index contributed by atoms with van der Waals surface area (Å²) in [5, 5.41) is 18.2. The third kappa shape index (κ3) is 3.97. The van der Waals surface area contributed by atoms with Gasteiger partial charge in [-0.2, -0.15) is 5.10 Å². The fraction of sp³-hybridized carbons (Fsp3) is 0.421. The Kier molecular flexibility index (Phi) is 5.92. The number of likely N-dealkylation sites (N-methyl/N-ethyl adjacent to an activating group) is 1. The maximum Gasteiger partial charge on any atom is 0.322 e. The molecule has 0 spiro atoms. The van der Waals surface area contributed by atoms with Crippen molar-refractivity contribution in [3.05, 3.63) is 45.8 Å². The van der Waals surface area contributed by atoms with Gasteiger partial charge in [-0.15, -0.1) is 0 Å². The summed E-state index contributed by atoms with van der Waals surface area (Å²) in [6, 6.07) is 7.61. The molecule has 0 unspecified atom stereocenters. The minimum absolute atomic E-state index is 0.102. The summed E-state index contributed by atoms with van der Waals surface area (Å²) >= 11 is 0. The largest absolute Gasteiger partial charge is 0.322 e. The molecule has 0 aliphatic heterocycles. The second kappa shape index (κ2) is 8.39. The highest BCUT2D eigenvalue weighted by molar-refractivity contribution is 6.05. The molecular formula is C19H25N7O3. The minimum atomic E-state index is -0.612. The molecular weight excluding hydrogens is 374 g/mol. The summed E-state index contributed by atoms with van der Waals surface area (Å²) in [7, 11) is 1.51. The number of hydrogen-bond donors (Lipinski definition) is 1. The van der Waals surface area contributed by atoms with E-state index in [4.69, 9.17) is 0 Å². The molecule has 10 heteroatoms. The van der Waals surface area contributed by atoms with Gasteiger partial charge in [0.1, 0.15) is 5.69 Å². The van der Waals surface area contributed by atoms with Crippen molar-refractivity contribution in [1.82, 2.24) is 24.2 Å². The number of anilines is 1. The molecule has 10 nitrogen and oxygen atoms in total. The Morgan fingerprint density at radius 2 is 1.97 bits per heavy atom. The van der Waals surface area contributed by atoms with E-state index >= 15 is 0 Å². The van der Waals surface area contributed by atoms with Crippen molar-refractivity contribution in [1.29, 1.82) is 0 Å². The van der Waals surface area contributed by atoms with Crippen molar-refractivity contribution < 1.29 is 9.72 Å². The number of benzene rings is 1. The van der Waals surface area contributed by atoms with Crippen LogP contribution in [0.15, 0.2) is 24.3 Å². The number of amides is 1. The Hall–Kier alpha value is -3.27. The van der Waals surface area contributed by atoms with Crippen molar-refractivity contribution in [2.75, 3.05) is 25.0 Å². The van der Waals surface area contributed by atoms with Crippen LogP contribution in [0, 0.1) is 17.0 Å². The van der Waals surface area contributed by atoms with Crippen LogP contribution in [0.4, 0.5) is 11.6 Å². The molecule has 0 bridgehead atoms. The molecule has 154 valence electrons. The summed E-state index contributed by atoms with van der Waals surface area (Å²) in [4.78, 5) is 30.5. The van der Waals surface area contributed by atoms with Crippen LogP contribution >= 0.6 is 0 Å². The molecule has 1 N–H and O–H groups in total. The van der Waals surface area contributed by atoms with E-state index in [0.717, 1.165) is 30.7 Å². The van der Waals surface area contributed by atoms with Crippen molar-refractivity contribution in [2.24, 2.45) is 7.05 Å². The molecule has 0 aliphatic rings. The van der Waals surface area contributed by atoms with Gasteiger partial charge in [-0.25, -0.2) is 4.98 Å². The first kappa shape index (κ1) is 20.5. The Labute approximate surface area is 168 Å². The predicted molar refractivity (Wildman–Crippen MR) is 110 cm³/mol. The fourth-order valence-electron chi connectivity index (χ4n) is 3.46.